The van der Waals surface area contributed by atoms with Crippen LogP contribution in [0.15, 0.2) is 36.5 Å². The second-order valence-corrected chi connectivity index (χ2v) is 6.52. The first-order chi connectivity index (χ1) is 11.1. The summed E-state index contributed by atoms with van der Waals surface area (Å²) in [7, 11) is 0. The Bertz CT molecular complexity index is 732. The van der Waals surface area contributed by atoms with E-state index in [2.05, 4.69) is 10.3 Å². The third-order valence-electron chi connectivity index (χ3n) is 4.19. The van der Waals surface area contributed by atoms with Gasteiger partial charge in [-0.25, -0.2) is 0 Å². The number of carbonyl (C=O) groups is 1. The van der Waals surface area contributed by atoms with Crippen molar-refractivity contribution in [2.24, 2.45) is 5.92 Å². The fraction of sp³-hybridized carbons (Fsp3) is 0.294. The fourth-order valence-electron chi connectivity index (χ4n) is 2.72. The third kappa shape index (κ3) is 3.43. The number of nitrogens with zero attached hydrogens (tertiary/aromatic N) is 1. The number of benzene rings is 1. The van der Waals surface area contributed by atoms with E-state index in [0.717, 1.165) is 19.3 Å². The Hall–Kier alpha value is -1.78. The molecule has 1 saturated carbocycles. The smallest absolute Gasteiger partial charge is 0.253 e. The zero-order valence-corrected chi connectivity index (χ0v) is 13.8. The van der Waals surface area contributed by atoms with Gasteiger partial charge in [-0.2, -0.15) is 0 Å². The van der Waals surface area contributed by atoms with Crippen LogP contribution in [-0.4, -0.2) is 16.0 Å². The van der Waals surface area contributed by atoms with E-state index in [-0.39, 0.29) is 23.6 Å². The van der Waals surface area contributed by atoms with E-state index in [1.807, 2.05) is 0 Å². The van der Waals surface area contributed by atoms with Gasteiger partial charge < -0.3 is 10.4 Å². The van der Waals surface area contributed by atoms with Gasteiger partial charge >= 0.3 is 0 Å². The quantitative estimate of drug-likeness (QED) is 0.860. The summed E-state index contributed by atoms with van der Waals surface area (Å²) >= 11 is 12.0. The first-order valence-corrected chi connectivity index (χ1v) is 8.21. The number of pyridine rings is 1. The lowest BCUT2D eigenvalue weighted by molar-refractivity contribution is 0.0897. The molecule has 0 saturated heterocycles. The van der Waals surface area contributed by atoms with Crippen LogP contribution in [0, 0.1) is 5.92 Å². The molecule has 23 heavy (non-hydrogen) atoms. The lowest BCUT2D eigenvalue weighted by atomic mass is 9.78. The van der Waals surface area contributed by atoms with E-state index in [4.69, 9.17) is 23.2 Å². The normalized spacial score (nSPS) is 15.7. The molecule has 1 heterocycles. The maximum Gasteiger partial charge on any atom is 0.253 e. The van der Waals surface area contributed by atoms with E-state index >= 15 is 0 Å². The van der Waals surface area contributed by atoms with Crippen LogP contribution < -0.4 is 5.32 Å². The monoisotopic (exact) mass is 350 g/mol. The number of rotatable bonds is 4. The second-order valence-electron chi connectivity index (χ2n) is 5.67. The lowest BCUT2D eigenvalue weighted by Crippen LogP contribution is -2.36. The molecule has 1 aromatic carbocycles. The number of nitrogens with one attached hydrogen (secondary N) is 1. The Morgan fingerprint density at radius 1 is 1.30 bits per heavy atom. The van der Waals surface area contributed by atoms with Crippen LogP contribution in [0.1, 0.15) is 41.4 Å². The molecule has 2 aromatic rings. The van der Waals surface area contributed by atoms with E-state index in [1.54, 1.807) is 30.5 Å². The van der Waals surface area contributed by atoms with Gasteiger partial charge in [-0.15, -0.1) is 0 Å². The Morgan fingerprint density at radius 3 is 2.70 bits per heavy atom. The van der Waals surface area contributed by atoms with E-state index < -0.39 is 0 Å². The molecule has 1 unspecified atom stereocenters. The van der Waals surface area contributed by atoms with Crippen molar-refractivity contribution in [1.82, 2.24) is 10.3 Å². The number of aromatic nitrogens is 1. The predicted molar refractivity (Wildman–Crippen MR) is 89.9 cm³/mol. The zero-order valence-electron chi connectivity index (χ0n) is 12.3. The molecule has 2 N–H and O–H groups in total. The third-order valence-corrected chi connectivity index (χ3v) is 4.74. The molecule has 0 aliphatic heterocycles. The summed E-state index contributed by atoms with van der Waals surface area (Å²) in [5.41, 5.74) is 0.853. The molecule has 0 spiro atoms. The SMILES string of the molecule is O=C(NC(c1ncccc1O)C1CCC1)c1ccc(Cl)cc1Cl. The highest BCUT2D eigenvalue weighted by molar-refractivity contribution is 6.36. The first kappa shape index (κ1) is 16.1. The molecule has 1 atom stereocenters. The summed E-state index contributed by atoms with van der Waals surface area (Å²) in [4.78, 5) is 16.8. The molecule has 120 valence electrons. The van der Waals surface area contributed by atoms with Crippen molar-refractivity contribution in [2.45, 2.75) is 25.3 Å². The van der Waals surface area contributed by atoms with Gasteiger partial charge in [-0.05, 0) is 49.1 Å². The predicted octanol–water partition coefficient (Wildman–Crippen LogP) is 4.37. The average molecular weight is 351 g/mol. The average Bonchev–Trinajstić information content (AvgIpc) is 2.45. The Labute approximate surface area is 144 Å². The Kier molecular flexibility index (Phi) is 4.74. The van der Waals surface area contributed by atoms with Crippen molar-refractivity contribution in [3.63, 3.8) is 0 Å². The first-order valence-electron chi connectivity index (χ1n) is 7.46. The second kappa shape index (κ2) is 6.77. The van der Waals surface area contributed by atoms with E-state index in [9.17, 15) is 9.90 Å². The molecule has 0 radical (unpaired) electrons. The van der Waals surface area contributed by atoms with Crippen LogP contribution in [0.25, 0.3) is 0 Å². The van der Waals surface area contributed by atoms with Crippen LogP contribution in [0.2, 0.25) is 10.0 Å². The summed E-state index contributed by atoms with van der Waals surface area (Å²) in [5.74, 6) is 0.0614. The van der Waals surface area contributed by atoms with Crippen LogP contribution in [0.5, 0.6) is 5.75 Å². The van der Waals surface area contributed by atoms with Crippen molar-refractivity contribution in [3.8, 4) is 5.75 Å². The largest absolute Gasteiger partial charge is 0.506 e. The van der Waals surface area contributed by atoms with E-state index in [0.29, 0.717) is 21.3 Å². The van der Waals surface area contributed by atoms with Crippen LogP contribution in [-0.2, 0) is 0 Å². The van der Waals surface area contributed by atoms with Gasteiger partial charge in [-0.3, -0.25) is 9.78 Å². The van der Waals surface area contributed by atoms with Gasteiger partial charge in [0.15, 0.2) is 0 Å². The summed E-state index contributed by atoms with van der Waals surface area (Å²) < 4.78 is 0. The minimum Gasteiger partial charge on any atom is -0.506 e. The van der Waals surface area contributed by atoms with Crippen molar-refractivity contribution in [1.29, 1.82) is 0 Å². The van der Waals surface area contributed by atoms with Crippen molar-refractivity contribution in [3.05, 3.63) is 57.8 Å². The van der Waals surface area contributed by atoms with E-state index in [1.165, 1.54) is 6.07 Å². The number of hydrogen-bond acceptors (Lipinski definition) is 3. The summed E-state index contributed by atoms with van der Waals surface area (Å²) in [6.45, 7) is 0. The van der Waals surface area contributed by atoms with Gasteiger partial charge in [0.05, 0.1) is 16.6 Å². The topological polar surface area (TPSA) is 62.2 Å². The molecule has 4 nitrogen and oxygen atoms in total. The molecular formula is C17H16Cl2N2O2. The van der Waals surface area contributed by atoms with Gasteiger partial charge in [0.25, 0.3) is 5.91 Å². The maximum absolute atomic E-state index is 12.6. The number of aromatic hydroxyl groups is 1. The molecule has 6 heteroatoms. The standard InChI is InChI=1S/C17H16Cl2N2O2/c18-11-6-7-12(13(19)9-11)17(23)21-15(10-3-1-4-10)16-14(22)5-2-8-20-16/h2,5-10,15,22H,1,3-4H2,(H,21,23). The Balaban J connectivity index is 1.87. The molecule has 1 amide bonds. The highest BCUT2D eigenvalue weighted by Gasteiger charge is 2.32. The molecule has 0 bridgehead atoms. The number of halogens is 2. The van der Waals surface area contributed by atoms with Gasteiger partial charge in [-0.1, -0.05) is 29.6 Å². The number of hydrogen-bond donors (Lipinski definition) is 2. The van der Waals surface area contributed by atoms with Gasteiger partial charge in [0, 0.05) is 11.2 Å². The van der Waals surface area contributed by atoms with Crippen LogP contribution >= 0.6 is 23.2 Å². The highest BCUT2D eigenvalue weighted by Crippen LogP contribution is 2.39. The van der Waals surface area contributed by atoms with Crippen LogP contribution in [0.4, 0.5) is 0 Å². The van der Waals surface area contributed by atoms with Crippen LogP contribution in [0.3, 0.4) is 0 Å². The van der Waals surface area contributed by atoms with Crippen molar-refractivity contribution >= 4 is 29.1 Å². The lowest BCUT2D eigenvalue weighted by Gasteiger charge is -2.34. The summed E-state index contributed by atoms with van der Waals surface area (Å²) in [6.07, 6.45) is 4.72. The van der Waals surface area contributed by atoms with Crippen molar-refractivity contribution < 1.29 is 9.90 Å². The molecular weight excluding hydrogens is 335 g/mol. The molecule has 3 rings (SSSR count). The molecule has 1 aliphatic rings. The fourth-order valence-corrected chi connectivity index (χ4v) is 3.22. The molecule has 1 aliphatic carbocycles. The zero-order chi connectivity index (χ0) is 16.4. The maximum atomic E-state index is 12.6. The highest BCUT2D eigenvalue weighted by atomic mass is 35.5. The number of carbonyl (C=O) groups excluding carboxylic acids is 1. The summed E-state index contributed by atoms with van der Waals surface area (Å²) in [5, 5.41) is 13.8. The molecule has 1 aromatic heterocycles. The van der Waals surface area contributed by atoms with Gasteiger partial charge in [0.2, 0.25) is 0 Å². The minimum absolute atomic E-state index is 0.0897. The van der Waals surface area contributed by atoms with Gasteiger partial charge in [0.1, 0.15) is 11.4 Å². The molecule has 1 fully saturated rings. The minimum atomic E-state index is -0.329. The number of amides is 1. The Morgan fingerprint density at radius 2 is 2.09 bits per heavy atom. The summed E-state index contributed by atoms with van der Waals surface area (Å²) in [6, 6.07) is 7.66. The van der Waals surface area contributed by atoms with Crippen molar-refractivity contribution in [2.75, 3.05) is 0 Å².